The second-order valence-corrected chi connectivity index (χ2v) is 4.81. The lowest BCUT2D eigenvalue weighted by atomic mass is 10.2. The minimum atomic E-state index is -2.50. The Morgan fingerprint density at radius 2 is 1.94 bits per heavy atom. The average Bonchev–Trinajstić information content (AvgIpc) is 2.28. The maximum Gasteiger partial charge on any atom is 0.189 e. The summed E-state index contributed by atoms with van der Waals surface area (Å²) in [4.78, 5) is 19.8. The Hall–Kier alpha value is -0.670. The van der Waals surface area contributed by atoms with Gasteiger partial charge < -0.3 is 10.2 Å². The van der Waals surface area contributed by atoms with Crippen molar-refractivity contribution < 1.29 is 14.3 Å². The first-order valence-corrected chi connectivity index (χ1v) is 6.73. The van der Waals surface area contributed by atoms with Gasteiger partial charge in [0.15, 0.2) is 8.03 Å². The van der Waals surface area contributed by atoms with Gasteiger partial charge in [0.2, 0.25) is 0 Å². The number of hydrogen-bond acceptors (Lipinski definition) is 3. The van der Waals surface area contributed by atoms with E-state index in [1.807, 2.05) is 30.3 Å². The molecule has 1 aromatic rings. The van der Waals surface area contributed by atoms with E-state index in [0.717, 1.165) is 5.56 Å². The highest BCUT2D eigenvalue weighted by Crippen LogP contribution is 2.13. The lowest BCUT2D eigenvalue weighted by Gasteiger charge is -2.03. The van der Waals surface area contributed by atoms with E-state index in [9.17, 15) is 9.36 Å². The molecule has 0 spiro atoms. The van der Waals surface area contributed by atoms with Gasteiger partial charge in [-0.1, -0.05) is 30.3 Å². The molecule has 17 heavy (non-hydrogen) atoms. The normalized spacial score (nSPS) is 11.6. The number of halogens is 1. The molecule has 0 radical (unpaired) electrons. The van der Waals surface area contributed by atoms with E-state index >= 15 is 0 Å². The first-order chi connectivity index (χ1) is 7.68. The maximum atomic E-state index is 11.2. The van der Waals surface area contributed by atoms with Crippen molar-refractivity contribution in [1.82, 2.24) is 5.32 Å². The molecule has 1 unspecified atom stereocenters. The van der Waals surface area contributed by atoms with Crippen LogP contribution in [-0.2, 0) is 15.9 Å². The number of hydrogen-bond donors (Lipinski definition) is 2. The fraction of sp³-hybridized carbons (Fsp3) is 0.364. The second kappa shape index (κ2) is 9.37. The predicted molar refractivity (Wildman–Crippen MR) is 71.1 cm³/mol. The monoisotopic (exact) mass is 277 g/mol. The predicted octanol–water partition coefficient (Wildman–Crippen LogP) is 1.62. The number of ketones is 1. The summed E-state index contributed by atoms with van der Waals surface area (Å²) in [7, 11) is -2.50. The van der Waals surface area contributed by atoms with E-state index in [2.05, 4.69) is 5.32 Å². The van der Waals surface area contributed by atoms with E-state index in [-0.39, 0.29) is 37.3 Å². The summed E-state index contributed by atoms with van der Waals surface area (Å²) in [6, 6.07) is 9.77. The highest BCUT2D eigenvalue weighted by atomic mass is 35.5. The van der Waals surface area contributed by atoms with Crippen LogP contribution < -0.4 is 5.32 Å². The third kappa shape index (κ3) is 8.11. The van der Waals surface area contributed by atoms with Crippen LogP contribution in [0.15, 0.2) is 30.3 Å². The molecule has 96 valence electrons. The van der Waals surface area contributed by atoms with Gasteiger partial charge in [-0.05, 0) is 5.56 Å². The van der Waals surface area contributed by atoms with Crippen molar-refractivity contribution in [1.29, 1.82) is 0 Å². The van der Waals surface area contributed by atoms with Gasteiger partial charge in [0, 0.05) is 19.1 Å². The van der Waals surface area contributed by atoms with Crippen molar-refractivity contribution in [3.05, 3.63) is 35.9 Å². The largest absolute Gasteiger partial charge is 0.346 e. The number of rotatable bonds is 7. The lowest BCUT2D eigenvalue weighted by molar-refractivity contribution is -0.117. The summed E-state index contributed by atoms with van der Waals surface area (Å²) < 4.78 is 10.4. The van der Waals surface area contributed by atoms with Gasteiger partial charge in [0.05, 0.1) is 6.54 Å². The van der Waals surface area contributed by atoms with Crippen molar-refractivity contribution in [2.75, 3.05) is 12.7 Å². The minimum absolute atomic E-state index is 0. The Kier molecular flexibility index (Phi) is 9.00. The van der Waals surface area contributed by atoms with Crippen molar-refractivity contribution in [3.8, 4) is 0 Å². The summed E-state index contributed by atoms with van der Waals surface area (Å²) >= 11 is 0. The van der Waals surface area contributed by atoms with Crippen LogP contribution >= 0.6 is 20.4 Å². The zero-order valence-electron chi connectivity index (χ0n) is 9.39. The van der Waals surface area contributed by atoms with Crippen LogP contribution in [0.2, 0.25) is 0 Å². The Bertz CT molecular complexity index is 359. The molecule has 0 aromatic heterocycles. The van der Waals surface area contributed by atoms with Gasteiger partial charge in [0.25, 0.3) is 0 Å². The molecule has 2 N–H and O–H groups in total. The molecule has 0 aliphatic rings. The van der Waals surface area contributed by atoms with Crippen LogP contribution in [0.4, 0.5) is 0 Å². The molecule has 0 amide bonds. The second-order valence-electron chi connectivity index (χ2n) is 3.52. The van der Waals surface area contributed by atoms with E-state index < -0.39 is 8.03 Å². The smallest absolute Gasteiger partial charge is 0.189 e. The number of benzene rings is 1. The fourth-order valence-electron chi connectivity index (χ4n) is 1.28. The van der Waals surface area contributed by atoms with Gasteiger partial charge in [-0.2, -0.15) is 0 Å². The Balaban J connectivity index is 0.00000256. The molecule has 0 saturated carbocycles. The van der Waals surface area contributed by atoms with Gasteiger partial charge in [0.1, 0.15) is 5.78 Å². The molecule has 0 heterocycles. The Labute approximate surface area is 108 Å². The summed E-state index contributed by atoms with van der Waals surface area (Å²) in [5.74, 6) is -0.0247. The van der Waals surface area contributed by atoms with E-state index in [1.165, 1.54) is 0 Å². The summed E-state index contributed by atoms with van der Waals surface area (Å²) in [5, 5.41) is 3.00. The molecular weight excluding hydrogens is 261 g/mol. The highest BCUT2D eigenvalue weighted by molar-refractivity contribution is 7.38. The Morgan fingerprint density at radius 3 is 2.53 bits per heavy atom. The number of nitrogens with one attached hydrogen (secondary N) is 1. The summed E-state index contributed by atoms with van der Waals surface area (Å²) in [6.45, 7) is 0.894. The number of Topliss-reactive ketones (excluding diaryl/α,β-unsaturated/α-hetero) is 1. The van der Waals surface area contributed by atoms with Crippen LogP contribution in [0.1, 0.15) is 12.0 Å². The zero-order chi connectivity index (χ0) is 11.8. The van der Waals surface area contributed by atoms with Crippen molar-refractivity contribution in [3.63, 3.8) is 0 Å². The zero-order valence-corrected chi connectivity index (χ0v) is 11.2. The van der Waals surface area contributed by atoms with E-state index in [1.54, 1.807) is 0 Å². The number of carbonyl (C=O) groups excluding carboxylic acids is 1. The molecule has 4 nitrogen and oxygen atoms in total. The van der Waals surface area contributed by atoms with Gasteiger partial charge in [-0.3, -0.25) is 9.36 Å². The van der Waals surface area contributed by atoms with Crippen molar-refractivity contribution in [2.24, 2.45) is 0 Å². The molecular formula is C11H17ClNO3P. The van der Waals surface area contributed by atoms with Crippen molar-refractivity contribution in [2.45, 2.75) is 13.0 Å². The SMILES string of the molecule is Cl.O=C(CC[PH](=O)O)CNCc1ccccc1. The molecule has 0 aliphatic heterocycles. The van der Waals surface area contributed by atoms with Crippen LogP contribution in [0.5, 0.6) is 0 Å². The number of carbonyl (C=O) groups is 1. The third-order valence-electron chi connectivity index (χ3n) is 2.11. The van der Waals surface area contributed by atoms with Crippen molar-refractivity contribution >= 4 is 26.2 Å². The van der Waals surface area contributed by atoms with Crippen LogP contribution in [-0.4, -0.2) is 23.4 Å². The summed E-state index contributed by atoms with van der Waals surface area (Å²) in [5.41, 5.74) is 1.12. The molecule has 1 rings (SSSR count). The maximum absolute atomic E-state index is 11.2. The summed E-state index contributed by atoms with van der Waals surface area (Å²) in [6.07, 6.45) is 0.270. The standard InChI is InChI=1S/C11H16NO3P.ClH/c13-11(6-7-16(14)15)9-12-8-10-4-2-1-3-5-10;/h1-5,12,16H,6-9H2,(H,14,15);1H. The van der Waals surface area contributed by atoms with Crippen LogP contribution in [0.25, 0.3) is 0 Å². The molecule has 6 heteroatoms. The van der Waals surface area contributed by atoms with Crippen LogP contribution in [0.3, 0.4) is 0 Å². The highest BCUT2D eigenvalue weighted by Gasteiger charge is 2.03. The third-order valence-corrected chi connectivity index (χ3v) is 2.79. The van der Waals surface area contributed by atoms with Crippen LogP contribution in [0, 0.1) is 0 Å². The molecule has 0 aliphatic carbocycles. The first kappa shape index (κ1) is 16.3. The minimum Gasteiger partial charge on any atom is -0.346 e. The molecule has 0 saturated heterocycles. The van der Waals surface area contributed by atoms with E-state index in [4.69, 9.17) is 4.89 Å². The Morgan fingerprint density at radius 1 is 1.29 bits per heavy atom. The topological polar surface area (TPSA) is 66.4 Å². The molecule has 1 atom stereocenters. The van der Waals surface area contributed by atoms with E-state index in [0.29, 0.717) is 6.54 Å². The quantitative estimate of drug-likeness (QED) is 0.744. The molecule has 1 aromatic carbocycles. The first-order valence-electron chi connectivity index (χ1n) is 5.16. The van der Waals surface area contributed by atoms with Gasteiger partial charge in [-0.25, -0.2) is 0 Å². The lowest BCUT2D eigenvalue weighted by Crippen LogP contribution is -2.22. The fourth-order valence-corrected chi connectivity index (χ4v) is 1.77. The van der Waals surface area contributed by atoms with Gasteiger partial charge in [-0.15, -0.1) is 12.4 Å². The molecule has 0 fully saturated rings. The molecule has 0 bridgehead atoms. The van der Waals surface area contributed by atoms with Gasteiger partial charge >= 0.3 is 0 Å². The average molecular weight is 278 g/mol.